The van der Waals surface area contributed by atoms with Gasteiger partial charge in [-0.05, 0) is 55.8 Å². The van der Waals surface area contributed by atoms with Crippen LogP contribution in [-0.4, -0.2) is 15.7 Å². The molecule has 3 aromatic rings. The number of rotatable bonds is 3. The van der Waals surface area contributed by atoms with Gasteiger partial charge < -0.3 is 5.32 Å². The number of hydrogen-bond donors (Lipinski definition) is 1. The molecule has 3 rings (SSSR count). The number of carbonyl (C=O) groups is 1. The van der Waals surface area contributed by atoms with Crippen LogP contribution in [0.25, 0.3) is 5.69 Å². The summed E-state index contributed by atoms with van der Waals surface area (Å²) < 4.78 is 1.72. The molecule has 0 saturated heterocycles. The minimum atomic E-state index is -0.173. The second-order valence-corrected chi connectivity index (χ2v) is 5.79. The van der Waals surface area contributed by atoms with E-state index in [0.717, 1.165) is 22.6 Å². The number of halogens is 1. The SMILES string of the molecule is Cc1cccc(NC(=O)c2cnn(-c3ccc(Cl)cc3)c2C)c1. The maximum Gasteiger partial charge on any atom is 0.259 e. The summed E-state index contributed by atoms with van der Waals surface area (Å²) in [6, 6.07) is 15.0. The van der Waals surface area contributed by atoms with Gasteiger partial charge in [0.2, 0.25) is 0 Å². The summed E-state index contributed by atoms with van der Waals surface area (Å²) in [6.45, 7) is 3.85. The first kappa shape index (κ1) is 15.3. The highest BCUT2D eigenvalue weighted by Gasteiger charge is 2.15. The molecule has 0 atom stereocenters. The van der Waals surface area contributed by atoms with E-state index in [4.69, 9.17) is 11.6 Å². The van der Waals surface area contributed by atoms with Crippen molar-refractivity contribution in [2.75, 3.05) is 5.32 Å². The molecule has 0 radical (unpaired) electrons. The van der Waals surface area contributed by atoms with E-state index in [9.17, 15) is 4.79 Å². The lowest BCUT2D eigenvalue weighted by Crippen LogP contribution is -2.13. The van der Waals surface area contributed by atoms with Crippen LogP contribution in [0.4, 0.5) is 5.69 Å². The van der Waals surface area contributed by atoms with Gasteiger partial charge in [-0.1, -0.05) is 23.7 Å². The van der Waals surface area contributed by atoms with Crippen molar-refractivity contribution in [2.24, 2.45) is 0 Å². The number of amides is 1. The Balaban J connectivity index is 1.86. The molecule has 0 bridgehead atoms. The highest BCUT2D eigenvalue weighted by molar-refractivity contribution is 6.30. The molecule has 0 aliphatic heterocycles. The zero-order valence-electron chi connectivity index (χ0n) is 12.9. The van der Waals surface area contributed by atoms with Crippen LogP contribution in [0.3, 0.4) is 0 Å². The molecule has 1 aromatic heterocycles. The molecule has 0 aliphatic carbocycles. The van der Waals surface area contributed by atoms with Crippen molar-refractivity contribution in [1.82, 2.24) is 9.78 Å². The average molecular weight is 326 g/mol. The standard InChI is InChI=1S/C18H16ClN3O/c1-12-4-3-5-15(10-12)21-18(23)17-11-20-22(13(17)2)16-8-6-14(19)7-9-16/h3-11H,1-2H3,(H,21,23). The Morgan fingerprint density at radius 1 is 1.13 bits per heavy atom. The normalized spacial score (nSPS) is 10.6. The Morgan fingerprint density at radius 2 is 1.87 bits per heavy atom. The molecule has 1 N–H and O–H groups in total. The smallest absolute Gasteiger partial charge is 0.259 e. The molecular formula is C18H16ClN3O. The van der Waals surface area contributed by atoms with Crippen LogP contribution in [0.15, 0.2) is 54.7 Å². The minimum Gasteiger partial charge on any atom is -0.322 e. The van der Waals surface area contributed by atoms with Gasteiger partial charge in [0.15, 0.2) is 0 Å². The second-order valence-electron chi connectivity index (χ2n) is 5.36. The third-order valence-electron chi connectivity index (χ3n) is 3.60. The van der Waals surface area contributed by atoms with E-state index in [1.54, 1.807) is 23.0 Å². The van der Waals surface area contributed by atoms with Gasteiger partial charge in [0.1, 0.15) is 0 Å². The summed E-state index contributed by atoms with van der Waals surface area (Å²) in [5, 5.41) is 7.87. The number of nitrogens with zero attached hydrogens (tertiary/aromatic N) is 2. The molecule has 23 heavy (non-hydrogen) atoms. The molecule has 0 saturated carbocycles. The van der Waals surface area contributed by atoms with Gasteiger partial charge >= 0.3 is 0 Å². The predicted molar refractivity (Wildman–Crippen MR) is 92.4 cm³/mol. The first-order chi connectivity index (χ1) is 11.0. The van der Waals surface area contributed by atoms with Crippen molar-refractivity contribution in [3.8, 4) is 5.69 Å². The molecular weight excluding hydrogens is 310 g/mol. The van der Waals surface area contributed by atoms with E-state index >= 15 is 0 Å². The van der Waals surface area contributed by atoms with Crippen LogP contribution in [0.2, 0.25) is 5.02 Å². The average Bonchev–Trinajstić information content (AvgIpc) is 2.90. The molecule has 1 heterocycles. The van der Waals surface area contributed by atoms with Crippen molar-refractivity contribution in [2.45, 2.75) is 13.8 Å². The second kappa shape index (κ2) is 6.26. The number of nitrogens with one attached hydrogen (secondary N) is 1. The minimum absolute atomic E-state index is 0.173. The van der Waals surface area contributed by atoms with Crippen molar-refractivity contribution >= 4 is 23.2 Å². The molecule has 4 nitrogen and oxygen atoms in total. The molecule has 2 aromatic carbocycles. The van der Waals surface area contributed by atoms with Crippen molar-refractivity contribution in [3.05, 3.63) is 76.6 Å². The maximum absolute atomic E-state index is 12.5. The van der Waals surface area contributed by atoms with Crippen LogP contribution in [0.5, 0.6) is 0 Å². The largest absolute Gasteiger partial charge is 0.322 e. The van der Waals surface area contributed by atoms with E-state index in [2.05, 4.69) is 10.4 Å². The molecule has 0 unspecified atom stereocenters. The third kappa shape index (κ3) is 3.27. The summed E-state index contributed by atoms with van der Waals surface area (Å²) in [6.07, 6.45) is 1.58. The summed E-state index contributed by atoms with van der Waals surface area (Å²) in [5.41, 5.74) is 4.05. The fourth-order valence-electron chi connectivity index (χ4n) is 2.40. The molecule has 0 spiro atoms. The predicted octanol–water partition coefficient (Wildman–Crippen LogP) is 4.39. The van der Waals surface area contributed by atoms with Gasteiger partial charge in [-0.2, -0.15) is 5.10 Å². The summed E-state index contributed by atoms with van der Waals surface area (Å²) in [5.74, 6) is -0.173. The molecule has 5 heteroatoms. The number of anilines is 1. The zero-order valence-corrected chi connectivity index (χ0v) is 13.6. The first-order valence-electron chi connectivity index (χ1n) is 7.23. The van der Waals surface area contributed by atoms with E-state index in [1.807, 2.05) is 50.2 Å². The number of aryl methyl sites for hydroxylation is 1. The van der Waals surface area contributed by atoms with Crippen LogP contribution in [0, 0.1) is 13.8 Å². The van der Waals surface area contributed by atoms with Crippen molar-refractivity contribution < 1.29 is 4.79 Å². The van der Waals surface area contributed by atoms with E-state index in [-0.39, 0.29) is 5.91 Å². The summed E-state index contributed by atoms with van der Waals surface area (Å²) in [7, 11) is 0. The lowest BCUT2D eigenvalue weighted by atomic mass is 10.2. The maximum atomic E-state index is 12.5. The van der Waals surface area contributed by atoms with Gasteiger partial charge in [0, 0.05) is 10.7 Å². The van der Waals surface area contributed by atoms with Crippen LogP contribution in [-0.2, 0) is 0 Å². The molecule has 0 fully saturated rings. The Hall–Kier alpha value is -2.59. The topological polar surface area (TPSA) is 46.9 Å². The Labute approximate surface area is 139 Å². The number of hydrogen-bond acceptors (Lipinski definition) is 2. The Bertz CT molecular complexity index is 853. The number of aromatic nitrogens is 2. The highest BCUT2D eigenvalue weighted by Crippen LogP contribution is 2.18. The van der Waals surface area contributed by atoms with Gasteiger partial charge in [-0.15, -0.1) is 0 Å². The Kier molecular flexibility index (Phi) is 4.17. The summed E-state index contributed by atoms with van der Waals surface area (Å²) in [4.78, 5) is 12.5. The van der Waals surface area contributed by atoms with Crippen LogP contribution in [0.1, 0.15) is 21.6 Å². The van der Waals surface area contributed by atoms with Crippen LogP contribution < -0.4 is 5.32 Å². The lowest BCUT2D eigenvalue weighted by molar-refractivity contribution is 0.102. The van der Waals surface area contributed by atoms with Crippen molar-refractivity contribution in [1.29, 1.82) is 0 Å². The van der Waals surface area contributed by atoms with Gasteiger partial charge in [0.25, 0.3) is 5.91 Å². The monoisotopic (exact) mass is 325 g/mol. The molecule has 116 valence electrons. The number of carbonyl (C=O) groups excluding carboxylic acids is 1. The zero-order chi connectivity index (χ0) is 16.4. The van der Waals surface area contributed by atoms with E-state index in [0.29, 0.717) is 10.6 Å². The van der Waals surface area contributed by atoms with Gasteiger partial charge in [0.05, 0.1) is 23.1 Å². The van der Waals surface area contributed by atoms with E-state index < -0.39 is 0 Å². The fourth-order valence-corrected chi connectivity index (χ4v) is 2.52. The Morgan fingerprint density at radius 3 is 2.57 bits per heavy atom. The third-order valence-corrected chi connectivity index (χ3v) is 3.85. The molecule has 1 amide bonds. The van der Waals surface area contributed by atoms with Gasteiger partial charge in [-0.3, -0.25) is 4.79 Å². The van der Waals surface area contributed by atoms with Gasteiger partial charge in [-0.25, -0.2) is 4.68 Å². The number of benzene rings is 2. The molecule has 0 aliphatic rings. The highest BCUT2D eigenvalue weighted by atomic mass is 35.5. The summed E-state index contributed by atoms with van der Waals surface area (Å²) >= 11 is 5.90. The van der Waals surface area contributed by atoms with E-state index in [1.165, 1.54) is 0 Å². The van der Waals surface area contributed by atoms with Crippen molar-refractivity contribution in [3.63, 3.8) is 0 Å². The fraction of sp³-hybridized carbons (Fsp3) is 0.111. The first-order valence-corrected chi connectivity index (χ1v) is 7.61. The van der Waals surface area contributed by atoms with Crippen LogP contribution >= 0.6 is 11.6 Å². The quantitative estimate of drug-likeness (QED) is 0.776. The lowest BCUT2D eigenvalue weighted by Gasteiger charge is -2.07.